The third-order valence-electron chi connectivity index (χ3n) is 2.84. The minimum absolute atomic E-state index is 0.222. The molecule has 0 spiro atoms. The molecule has 0 aromatic heterocycles. The summed E-state index contributed by atoms with van der Waals surface area (Å²) in [5.74, 6) is 0. The summed E-state index contributed by atoms with van der Waals surface area (Å²) in [6.07, 6.45) is 3.16. The maximum Gasteiger partial charge on any atom is 0.214 e. The fourth-order valence-electron chi connectivity index (χ4n) is 1.86. The zero-order chi connectivity index (χ0) is 12.6. The van der Waals surface area contributed by atoms with Crippen LogP contribution in [0.2, 0.25) is 0 Å². The molecule has 1 heterocycles. The van der Waals surface area contributed by atoms with Gasteiger partial charge in [-0.3, -0.25) is 0 Å². The first-order valence-electron chi connectivity index (χ1n) is 6.43. The number of ether oxygens (including phenoxy) is 1. The van der Waals surface area contributed by atoms with E-state index in [1.54, 1.807) is 0 Å². The van der Waals surface area contributed by atoms with Gasteiger partial charge in [0.2, 0.25) is 10.0 Å². The summed E-state index contributed by atoms with van der Waals surface area (Å²) < 4.78 is 31.8. The van der Waals surface area contributed by atoms with Crippen LogP contribution >= 0.6 is 0 Å². The molecule has 1 aliphatic heterocycles. The van der Waals surface area contributed by atoms with E-state index in [2.05, 4.69) is 17.0 Å². The quantitative estimate of drug-likeness (QED) is 0.626. The zero-order valence-electron chi connectivity index (χ0n) is 10.6. The molecule has 0 unspecified atom stereocenters. The lowest BCUT2D eigenvalue weighted by Gasteiger charge is -2.22. The Hall–Kier alpha value is -0.170. The van der Waals surface area contributed by atoms with E-state index in [-0.39, 0.29) is 5.25 Å². The standard InChI is InChI=1S/C11H24N2O3S/c1-2-9-16-10-3-6-13-17(14,15)11-4-7-12-8-5-11/h11-13H,2-10H2,1H3. The lowest BCUT2D eigenvalue weighted by atomic mass is 10.2. The van der Waals surface area contributed by atoms with Crippen LogP contribution in [0.1, 0.15) is 32.6 Å². The molecule has 1 saturated heterocycles. The summed E-state index contributed by atoms with van der Waals surface area (Å²) in [6.45, 7) is 5.51. The van der Waals surface area contributed by atoms with Gasteiger partial charge in [-0.05, 0) is 38.8 Å². The molecule has 17 heavy (non-hydrogen) atoms. The van der Waals surface area contributed by atoms with Crippen molar-refractivity contribution in [2.75, 3.05) is 32.8 Å². The second-order valence-corrected chi connectivity index (χ2v) is 6.40. The zero-order valence-corrected chi connectivity index (χ0v) is 11.4. The molecule has 0 radical (unpaired) electrons. The number of nitrogens with one attached hydrogen (secondary N) is 2. The van der Waals surface area contributed by atoms with Crippen molar-refractivity contribution in [3.8, 4) is 0 Å². The van der Waals surface area contributed by atoms with Crippen molar-refractivity contribution in [3.05, 3.63) is 0 Å². The van der Waals surface area contributed by atoms with Crippen molar-refractivity contribution in [2.45, 2.75) is 37.9 Å². The molecule has 0 bridgehead atoms. The van der Waals surface area contributed by atoms with Gasteiger partial charge in [0.1, 0.15) is 0 Å². The molecule has 0 aromatic carbocycles. The minimum Gasteiger partial charge on any atom is -0.381 e. The van der Waals surface area contributed by atoms with Gasteiger partial charge in [0.05, 0.1) is 5.25 Å². The Morgan fingerprint density at radius 3 is 2.65 bits per heavy atom. The Labute approximate surface area is 104 Å². The lowest BCUT2D eigenvalue weighted by Crippen LogP contribution is -2.42. The van der Waals surface area contributed by atoms with E-state index in [0.717, 1.165) is 32.5 Å². The second kappa shape index (κ2) is 8.02. The van der Waals surface area contributed by atoms with Crippen molar-refractivity contribution in [2.24, 2.45) is 0 Å². The molecule has 0 atom stereocenters. The van der Waals surface area contributed by atoms with Gasteiger partial charge >= 0.3 is 0 Å². The normalized spacial score (nSPS) is 18.4. The van der Waals surface area contributed by atoms with Crippen molar-refractivity contribution in [1.82, 2.24) is 10.0 Å². The van der Waals surface area contributed by atoms with Gasteiger partial charge in [0.25, 0.3) is 0 Å². The highest BCUT2D eigenvalue weighted by atomic mass is 32.2. The molecule has 6 heteroatoms. The number of rotatable bonds is 8. The first-order chi connectivity index (χ1) is 8.17. The number of piperidine rings is 1. The molecule has 5 nitrogen and oxygen atoms in total. The van der Waals surface area contributed by atoms with Gasteiger partial charge in [-0.1, -0.05) is 6.92 Å². The van der Waals surface area contributed by atoms with E-state index in [9.17, 15) is 8.42 Å². The monoisotopic (exact) mass is 264 g/mol. The molecule has 0 amide bonds. The molecular formula is C11H24N2O3S. The van der Waals surface area contributed by atoms with Crippen LogP contribution < -0.4 is 10.0 Å². The fraction of sp³-hybridized carbons (Fsp3) is 1.00. The van der Waals surface area contributed by atoms with Crippen molar-refractivity contribution >= 4 is 10.0 Å². The van der Waals surface area contributed by atoms with Crippen LogP contribution in [-0.2, 0) is 14.8 Å². The van der Waals surface area contributed by atoms with Crippen molar-refractivity contribution < 1.29 is 13.2 Å². The molecule has 0 aliphatic carbocycles. The number of hydrogen-bond acceptors (Lipinski definition) is 4. The van der Waals surface area contributed by atoms with Gasteiger partial charge in [0, 0.05) is 19.8 Å². The van der Waals surface area contributed by atoms with Gasteiger partial charge in [-0.2, -0.15) is 0 Å². The topological polar surface area (TPSA) is 67.4 Å². The number of sulfonamides is 1. The van der Waals surface area contributed by atoms with Crippen LogP contribution in [0.15, 0.2) is 0 Å². The Morgan fingerprint density at radius 2 is 2.00 bits per heavy atom. The van der Waals surface area contributed by atoms with Crippen LogP contribution in [0.25, 0.3) is 0 Å². The molecule has 0 saturated carbocycles. The van der Waals surface area contributed by atoms with Crippen LogP contribution in [0.5, 0.6) is 0 Å². The lowest BCUT2D eigenvalue weighted by molar-refractivity contribution is 0.133. The summed E-state index contributed by atoms with van der Waals surface area (Å²) in [5, 5.41) is 2.94. The third kappa shape index (κ3) is 5.81. The highest BCUT2D eigenvalue weighted by Crippen LogP contribution is 2.11. The van der Waals surface area contributed by atoms with Gasteiger partial charge < -0.3 is 10.1 Å². The highest BCUT2D eigenvalue weighted by molar-refractivity contribution is 7.90. The Balaban J connectivity index is 2.15. The fourth-order valence-corrected chi connectivity index (χ4v) is 3.38. The van der Waals surface area contributed by atoms with Crippen molar-refractivity contribution in [3.63, 3.8) is 0 Å². The van der Waals surface area contributed by atoms with E-state index < -0.39 is 10.0 Å². The summed E-state index contributed by atoms with van der Waals surface area (Å²) in [7, 11) is -3.12. The molecule has 1 fully saturated rings. The minimum atomic E-state index is -3.12. The summed E-state index contributed by atoms with van der Waals surface area (Å²) in [5.41, 5.74) is 0. The summed E-state index contributed by atoms with van der Waals surface area (Å²) >= 11 is 0. The largest absolute Gasteiger partial charge is 0.381 e. The SMILES string of the molecule is CCCOCCCNS(=O)(=O)C1CCNCC1. The van der Waals surface area contributed by atoms with E-state index >= 15 is 0 Å². The van der Waals surface area contributed by atoms with Crippen LogP contribution in [0, 0.1) is 0 Å². The van der Waals surface area contributed by atoms with Crippen LogP contribution in [0.4, 0.5) is 0 Å². The van der Waals surface area contributed by atoms with Gasteiger partial charge in [0.15, 0.2) is 0 Å². The molecule has 1 aliphatic rings. The summed E-state index contributed by atoms with van der Waals surface area (Å²) in [6, 6.07) is 0. The molecule has 2 N–H and O–H groups in total. The van der Waals surface area contributed by atoms with Crippen LogP contribution in [-0.4, -0.2) is 46.5 Å². The second-order valence-electron chi connectivity index (χ2n) is 4.35. The van der Waals surface area contributed by atoms with Crippen LogP contribution in [0.3, 0.4) is 0 Å². The molecule has 0 aromatic rings. The smallest absolute Gasteiger partial charge is 0.214 e. The predicted molar refractivity (Wildman–Crippen MR) is 68.5 cm³/mol. The predicted octanol–water partition coefficient (Wildman–Crippen LogP) is 0.475. The molecule has 1 rings (SSSR count). The van der Waals surface area contributed by atoms with E-state index in [0.29, 0.717) is 26.0 Å². The average Bonchev–Trinajstić information content (AvgIpc) is 2.35. The summed E-state index contributed by atoms with van der Waals surface area (Å²) in [4.78, 5) is 0. The van der Waals surface area contributed by atoms with Gasteiger partial charge in [-0.15, -0.1) is 0 Å². The van der Waals surface area contributed by atoms with Crippen molar-refractivity contribution in [1.29, 1.82) is 0 Å². The Morgan fingerprint density at radius 1 is 1.29 bits per heavy atom. The van der Waals surface area contributed by atoms with E-state index in [1.165, 1.54) is 0 Å². The molecular weight excluding hydrogens is 240 g/mol. The maximum atomic E-state index is 11.9. The first kappa shape index (κ1) is 14.9. The highest BCUT2D eigenvalue weighted by Gasteiger charge is 2.26. The van der Waals surface area contributed by atoms with E-state index in [4.69, 9.17) is 4.74 Å². The van der Waals surface area contributed by atoms with E-state index in [1.807, 2.05) is 0 Å². The third-order valence-corrected chi connectivity index (χ3v) is 4.80. The first-order valence-corrected chi connectivity index (χ1v) is 7.98. The number of hydrogen-bond donors (Lipinski definition) is 2. The van der Waals surface area contributed by atoms with Gasteiger partial charge in [-0.25, -0.2) is 13.1 Å². The Bertz CT molecular complexity index is 287. The molecule has 102 valence electrons. The average molecular weight is 264 g/mol. The Kier molecular flexibility index (Phi) is 7.03. The maximum absolute atomic E-state index is 11.9.